The number of carbonyl (C=O) groups is 2. The Bertz CT molecular complexity index is 995. The highest BCUT2D eigenvalue weighted by Gasteiger charge is 2.30. The molecule has 1 aliphatic rings. The molecule has 0 spiro atoms. The number of benzene rings is 2. The molecule has 5 nitrogen and oxygen atoms in total. The van der Waals surface area contributed by atoms with Crippen LogP contribution in [-0.4, -0.2) is 35.4 Å². The molecule has 34 heavy (non-hydrogen) atoms. The first kappa shape index (κ1) is 25.8. The summed E-state index contributed by atoms with van der Waals surface area (Å²) in [5, 5.41) is 3.23. The Labute approximate surface area is 204 Å². The minimum Gasteiger partial charge on any atom is -0.483 e. The molecule has 5 heteroatoms. The lowest BCUT2D eigenvalue weighted by Gasteiger charge is -2.33. The second kappa shape index (κ2) is 12.0. The van der Waals surface area contributed by atoms with Crippen LogP contribution in [0.5, 0.6) is 5.75 Å². The maximum atomic E-state index is 13.5. The van der Waals surface area contributed by atoms with Gasteiger partial charge in [-0.25, -0.2) is 0 Å². The number of nitrogens with one attached hydrogen (secondary N) is 1. The van der Waals surface area contributed by atoms with Crippen LogP contribution < -0.4 is 10.1 Å². The van der Waals surface area contributed by atoms with Gasteiger partial charge in [-0.2, -0.15) is 0 Å². The Balaban J connectivity index is 1.79. The number of nitrogens with zero attached hydrogens (tertiary/aromatic N) is 1. The molecule has 0 aromatic heterocycles. The van der Waals surface area contributed by atoms with E-state index in [0.717, 1.165) is 59.3 Å². The van der Waals surface area contributed by atoms with Gasteiger partial charge in [0, 0.05) is 12.6 Å². The molecule has 0 radical (unpaired) electrons. The molecule has 184 valence electrons. The molecular formula is C29H40N2O3. The van der Waals surface area contributed by atoms with Crippen molar-refractivity contribution in [2.24, 2.45) is 0 Å². The Morgan fingerprint density at radius 1 is 1.03 bits per heavy atom. The minimum atomic E-state index is -0.529. The first-order chi connectivity index (χ1) is 16.3. The molecule has 1 saturated carbocycles. The summed E-state index contributed by atoms with van der Waals surface area (Å²) in [5.41, 5.74) is 5.41. The topological polar surface area (TPSA) is 58.6 Å². The second-order valence-electron chi connectivity index (χ2n) is 9.77. The SMILES string of the molecule is CC[C@@H](C(=O)NC1CCCCC1)N(Cc1cccc(C)c1)C(=O)COc1cc(C)cc(C)c1C. The van der Waals surface area contributed by atoms with E-state index in [-0.39, 0.29) is 24.5 Å². The van der Waals surface area contributed by atoms with Crippen molar-refractivity contribution in [2.45, 2.75) is 91.8 Å². The van der Waals surface area contributed by atoms with Crippen LogP contribution in [0.15, 0.2) is 36.4 Å². The molecule has 1 fully saturated rings. The summed E-state index contributed by atoms with van der Waals surface area (Å²) in [5.74, 6) is 0.491. The zero-order chi connectivity index (χ0) is 24.7. The van der Waals surface area contributed by atoms with Crippen molar-refractivity contribution in [1.29, 1.82) is 0 Å². The van der Waals surface area contributed by atoms with Gasteiger partial charge < -0.3 is 15.0 Å². The van der Waals surface area contributed by atoms with Gasteiger partial charge in [0.15, 0.2) is 6.61 Å². The van der Waals surface area contributed by atoms with Crippen LogP contribution in [0.1, 0.15) is 73.3 Å². The zero-order valence-corrected chi connectivity index (χ0v) is 21.4. The van der Waals surface area contributed by atoms with E-state index < -0.39 is 6.04 Å². The van der Waals surface area contributed by atoms with E-state index in [9.17, 15) is 9.59 Å². The molecule has 2 aromatic rings. The molecule has 3 rings (SSSR count). The first-order valence-electron chi connectivity index (χ1n) is 12.6. The zero-order valence-electron chi connectivity index (χ0n) is 21.4. The quantitative estimate of drug-likeness (QED) is 0.529. The average Bonchev–Trinajstić information content (AvgIpc) is 2.80. The van der Waals surface area contributed by atoms with Gasteiger partial charge in [0.1, 0.15) is 11.8 Å². The average molecular weight is 465 g/mol. The maximum absolute atomic E-state index is 13.5. The lowest BCUT2D eigenvalue weighted by molar-refractivity contribution is -0.143. The van der Waals surface area contributed by atoms with E-state index in [1.165, 1.54) is 6.42 Å². The summed E-state index contributed by atoms with van der Waals surface area (Å²) in [6.07, 6.45) is 6.12. The van der Waals surface area contributed by atoms with Gasteiger partial charge in [0.05, 0.1) is 0 Å². The van der Waals surface area contributed by atoms with Gasteiger partial charge in [-0.1, -0.05) is 62.1 Å². The molecule has 1 atom stereocenters. The standard InChI is InChI=1S/C29H40N2O3/c1-6-26(29(33)30-25-13-8-7-9-14-25)31(18-24-12-10-11-20(2)16-24)28(32)19-34-27-17-21(3)15-22(4)23(27)5/h10-12,15-17,25-26H,6-9,13-14,18-19H2,1-5H3,(H,30,33)/t26-/m0/s1. The molecule has 1 N–H and O–H groups in total. The maximum Gasteiger partial charge on any atom is 0.261 e. The van der Waals surface area contributed by atoms with E-state index in [4.69, 9.17) is 4.74 Å². The van der Waals surface area contributed by atoms with Crippen LogP contribution in [0.4, 0.5) is 0 Å². The van der Waals surface area contributed by atoms with E-state index in [1.54, 1.807) is 4.90 Å². The molecule has 1 aliphatic carbocycles. The van der Waals surface area contributed by atoms with Crippen molar-refractivity contribution in [3.05, 3.63) is 64.2 Å². The Kier molecular flexibility index (Phi) is 9.14. The number of hydrogen-bond donors (Lipinski definition) is 1. The van der Waals surface area contributed by atoms with Crippen molar-refractivity contribution < 1.29 is 14.3 Å². The van der Waals surface area contributed by atoms with Gasteiger partial charge in [-0.05, 0) is 75.3 Å². The van der Waals surface area contributed by atoms with Gasteiger partial charge in [0.2, 0.25) is 5.91 Å². The van der Waals surface area contributed by atoms with Gasteiger partial charge >= 0.3 is 0 Å². The summed E-state index contributed by atoms with van der Waals surface area (Å²) in [4.78, 5) is 28.5. The number of hydrogen-bond acceptors (Lipinski definition) is 3. The molecule has 0 unspecified atom stereocenters. The fraction of sp³-hybridized carbons (Fsp3) is 0.517. The first-order valence-corrected chi connectivity index (χ1v) is 12.6. The molecule has 0 saturated heterocycles. The number of amides is 2. The molecule has 2 amide bonds. The van der Waals surface area contributed by atoms with Crippen LogP contribution in [-0.2, 0) is 16.1 Å². The third-order valence-corrected chi connectivity index (χ3v) is 6.89. The highest BCUT2D eigenvalue weighted by molar-refractivity contribution is 5.88. The fourth-order valence-electron chi connectivity index (χ4n) is 4.84. The summed E-state index contributed by atoms with van der Waals surface area (Å²) >= 11 is 0. The molecule has 0 aliphatic heterocycles. The summed E-state index contributed by atoms with van der Waals surface area (Å²) in [6, 6.07) is 11.9. The van der Waals surface area contributed by atoms with Gasteiger partial charge in [0.25, 0.3) is 5.91 Å². The monoisotopic (exact) mass is 464 g/mol. The fourth-order valence-corrected chi connectivity index (χ4v) is 4.84. The lowest BCUT2D eigenvalue weighted by atomic mass is 9.95. The predicted molar refractivity (Wildman–Crippen MR) is 137 cm³/mol. The van der Waals surface area contributed by atoms with Crippen LogP contribution in [0.3, 0.4) is 0 Å². The van der Waals surface area contributed by atoms with Crippen molar-refractivity contribution in [2.75, 3.05) is 6.61 Å². The lowest BCUT2D eigenvalue weighted by Crippen LogP contribution is -2.52. The van der Waals surface area contributed by atoms with E-state index in [2.05, 4.69) is 17.4 Å². The third kappa shape index (κ3) is 6.85. The number of carbonyl (C=O) groups excluding carboxylic acids is 2. The molecule has 0 heterocycles. The predicted octanol–water partition coefficient (Wildman–Crippen LogP) is 5.56. The second-order valence-corrected chi connectivity index (χ2v) is 9.77. The Morgan fingerprint density at radius 2 is 1.76 bits per heavy atom. The van der Waals surface area contributed by atoms with Gasteiger partial charge in [-0.3, -0.25) is 9.59 Å². The number of ether oxygens (including phenoxy) is 1. The Hall–Kier alpha value is -2.82. The molecular weight excluding hydrogens is 424 g/mol. The van der Waals surface area contributed by atoms with Crippen molar-refractivity contribution >= 4 is 11.8 Å². The smallest absolute Gasteiger partial charge is 0.261 e. The van der Waals surface area contributed by atoms with Crippen molar-refractivity contribution in [3.8, 4) is 5.75 Å². The summed E-state index contributed by atoms with van der Waals surface area (Å²) < 4.78 is 6.00. The highest BCUT2D eigenvalue weighted by Crippen LogP contribution is 2.24. The third-order valence-electron chi connectivity index (χ3n) is 6.89. The van der Waals surface area contributed by atoms with Crippen LogP contribution in [0.25, 0.3) is 0 Å². The number of aryl methyl sites for hydroxylation is 3. The summed E-state index contributed by atoms with van der Waals surface area (Å²) in [6.45, 7) is 10.4. The summed E-state index contributed by atoms with van der Waals surface area (Å²) in [7, 11) is 0. The van der Waals surface area contributed by atoms with Crippen molar-refractivity contribution in [1.82, 2.24) is 10.2 Å². The van der Waals surface area contributed by atoms with Gasteiger partial charge in [-0.15, -0.1) is 0 Å². The van der Waals surface area contributed by atoms with E-state index >= 15 is 0 Å². The van der Waals surface area contributed by atoms with Crippen LogP contribution in [0.2, 0.25) is 0 Å². The molecule has 0 bridgehead atoms. The molecule has 2 aromatic carbocycles. The van der Waals surface area contributed by atoms with Crippen LogP contribution >= 0.6 is 0 Å². The number of rotatable bonds is 9. The van der Waals surface area contributed by atoms with Crippen LogP contribution in [0, 0.1) is 27.7 Å². The largest absolute Gasteiger partial charge is 0.483 e. The minimum absolute atomic E-state index is 0.0574. The van der Waals surface area contributed by atoms with Crippen molar-refractivity contribution in [3.63, 3.8) is 0 Å². The van der Waals surface area contributed by atoms with E-state index in [1.807, 2.05) is 58.9 Å². The Morgan fingerprint density at radius 3 is 2.44 bits per heavy atom. The highest BCUT2D eigenvalue weighted by atomic mass is 16.5. The normalized spacial score (nSPS) is 15.0. The van der Waals surface area contributed by atoms with E-state index in [0.29, 0.717) is 13.0 Å².